The lowest BCUT2D eigenvalue weighted by Gasteiger charge is -2.22. The highest BCUT2D eigenvalue weighted by atomic mass is 127. The van der Waals surface area contributed by atoms with Crippen molar-refractivity contribution in [2.75, 3.05) is 6.54 Å². The number of halogens is 2. The Morgan fingerprint density at radius 2 is 1.85 bits per heavy atom. The van der Waals surface area contributed by atoms with Gasteiger partial charge in [-0.15, -0.1) is 0 Å². The average molecular weight is 400 g/mol. The fourth-order valence-corrected chi connectivity index (χ4v) is 3.30. The molecule has 2 rings (SSSR count). The first-order chi connectivity index (χ1) is 9.52. The Kier molecular flexibility index (Phi) is 5.47. The molecule has 0 saturated heterocycles. The largest absolute Gasteiger partial charge is 0.306 e. The van der Waals surface area contributed by atoms with Gasteiger partial charge in [0.1, 0.15) is 0 Å². The molecule has 1 unspecified atom stereocenters. The first-order valence-electron chi connectivity index (χ1n) is 6.78. The summed E-state index contributed by atoms with van der Waals surface area (Å²) in [6.45, 7) is 7.35. The minimum Gasteiger partial charge on any atom is -0.306 e. The zero-order valence-electron chi connectivity index (χ0n) is 12.0. The first kappa shape index (κ1) is 15.8. The summed E-state index contributed by atoms with van der Waals surface area (Å²) in [5.74, 6) is 0. The molecule has 20 heavy (non-hydrogen) atoms. The molecule has 1 N–H and O–H groups in total. The highest BCUT2D eigenvalue weighted by Gasteiger charge is 2.18. The molecule has 0 bridgehead atoms. The first-order valence-corrected chi connectivity index (χ1v) is 8.24. The minimum absolute atomic E-state index is 0.186. The van der Waals surface area contributed by atoms with E-state index in [1.807, 2.05) is 6.07 Å². The van der Waals surface area contributed by atoms with Gasteiger partial charge in [0.15, 0.2) is 0 Å². The minimum atomic E-state index is 0.186. The lowest BCUT2D eigenvalue weighted by atomic mass is 9.94. The molecule has 0 aromatic heterocycles. The van der Waals surface area contributed by atoms with Crippen LogP contribution in [-0.2, 0) is 0 Å². The van der Waals surface area contributed by atoms with Crippen LogP contribution < -0.4 is 5.32 Å². The summed E-state index contributed by atoms with van der Waals surface area (Å²) in [5.41, 5.74) is 5.17. The van der Waals surface area contributed by atoms with Gasteiger partial charge in [0, 0.05) is 8.59 Å². The van der Waals surface area contributed by atoms with E-state index in [0.717, 1.165) is 11.6 Å². The molecule has 3 heteroatoms. The maximum absolute atomic E-state index is 6.18. The molecule has 0 saturated carbocycles. The quantitative estimate of drug-likeness (QED) is 0.692. The normalized spacial score (nSPS) is 12.4. The van der Waals surface area contributed by atoms with Gasteiger partial charge >= 0.3 is 0 Å². The monoisotopic (exact) mass is 399 g/mol. The van der Waals surface area contributed by atoms with Crippen molar-refractivity contribution in [1.82, 2.24) is 5.32 Å². The third-order valence-corrected chi connectivity index (χ3v) is 4.63. The molecule has 2 aromatic rings. The van der Waals surface area contributed by atoms with E-state index in [0.29, 0.717) is 0 Å². The van der Waals surface area contributed by atoms with Crippen LogP contribution in [0.15, 0.2) is 36.4 Å². The Bertz CT molecular complexity index is 610. The fraction of sp³-hybridized carbons (Fsp3) is 0.294. The average Bonchev–Trinajstić information content (AvgIpc) is 2.40. The third kappa shape index (κ3) is 3.54. The maximum atomic E-state index is 6.18. The van der Waals surface area contributed by atoms with Crippen LogP contribution in [-0.4, -0.2) is 6.54 Å². The van der Waals surface area contributed by atoms with Crippen molar-refractivity contribution in [1.29, 1.82) is 0 Å². The number of rotatable bonds is 4. The fourth-order valence-electron chi connectivity index (χ4n) is 2.48. The van der Waals surface area contributed by atoms with Gasteiger partial charge in [-0.1, -0.05) is 42.3 Å². The Hall–Kier alpha value is -0.580. The zero-order valence-corrected chi connectivity index (χ0v) is 14.9. The van der Waals surface area contributed by atoms with Crippen molar-refractivity contribution in [2.24, 2.45) is 0 Å². The number of benzene rings is 2. The molecule has 0 fully saturated rings. The molecule has 0 heterocycles. The molecule has 0 amide bonds. The van der Waals surface area contributed by atoms with E-state index < -0.39 is 0 Å². The molecule has 1 nitrogen and oxygen atoms in total. The number of nitrogens with one attached hydrogen (secondary N) is 1. The lowest BCUT2D eigenvalue weighted by Crippen LogP contribution is -2.23. The lowest BCUT2D eigenvalue weighted by molar-refractivity contribution is 0.625. The van der Waals surface area contributed by atoms with Crippen LogP contribution in [0.3, 0.4) is 0 Å². The van der Waals surface area contributed by atoms with Crippen LogP contribution in [0.1, 0.15) is 35.2 Å². The Balaban J connectivity index is 2.53. The van der Waals surface area contributed by atoms with Crippen molar-refractivity contribution in [3.63, 3.8) is 0 Å². The van der Waals surface area contributed by atoms with Crippen LogP contribution in [0.4, 0.5) is 0 Å². The van der Waals surface area contributed by atoms with Crippen LogP contribution in [0.5, 0.6) is 0 Å². The number of hydrogen-bond acceptors (Lipinski definition) is 1. The van der Waals surface area contributed by atoms with E-state index in [1.165, 1.54) is 25.8 Å². The summed E-state index contributed by atoms with van der Waals surface area (Å²) < 4.78 is 1.23. The molecule has 0 aliphatic rings. The van der Waals surface area contributed by atoms with Gasteiger partial charge in [0.05, 0.1) is 6.04 Å². The van der Waals surface area contributed by atoms with E-state index in [2.05, 4.69) is 79.0 Å². The van der Waals surface area contributed by atoms with Gasteiger partial charge in [-0.2, -0.15) is 0 Å². The van der Waals surface area contributed by atoms with Gasteiger partial charge in [-0.3, -0.25) is 0 Å². The van der Waals surface area contributed by atoms with E-state index in [-0.39, 0.29) is 6.04 Å². The maximum Gasteiger partial charge on any atom is 0.0590 e. The molecule has 2 aromatic carbocycles. The molecular formula is C17H19ClIN. The SMILES string of the molecule is CCNC(c1ccc(C)cc1C)c1cc(Cl)ccc1I. The van der Waals surface area contributed by atoms with Gasteiger partial charge in [0.2, 0.25) is 0 Å². The Morgan fingerprint density at radius 3 is 2.50 bits per heavy atom. The summed E-state index contributed by atoms with van der Waals surface area (Å²) in [6, 6.07) is 12.9. The molecule has 0 aliphatic heterocycles. The molecule has 1 atom stereocenters. The summed E-state index contributed by atoms with van der Waals surface area (Å²) >= 11 is 8.56. The predicted molar refractivity (Wildman–Crippen MR) is 95.6 cm³/mol. The van der Waals surface area contributed by atoms with Crippen LogP contribution in [0, 0.1) is 17.4 Å². The highest BCUT2D eigenvalue weighted by Crippen LogP contribution is 2.30. The molecule has 0 radical (unpaired) electrons. The summed E-state index contributed by atoms with van der Waals surface area (Å²) in [6.07, 6.45) is 0. The zero-order chi connectivity index (χ0) is 14.7. The van der Waals surface area contributed by atoms with E-state index in [9.17, 15) is 0 Å². The van der Waals surface area contributed by atoms with Gasteiger partial charge in [-0.25, -0.2) is 0 Å². The highest BCUT2D eigenvalue weighted by molar-refractivity contribution is 14.1. The van der Waals surface area contributed by atoms with Crippen molar-refractivity contribution < 1.29 is 0 Å². The van der Waals surface area contributed by atoms with Gasteiger partial charge in [0.25, 0.3) is 0 Å². The van der Waals surface area contributed by atoms with Crippen molar-refractivity contribution in [3.8, 4) is 0 Å². The van der Waals surface area contributed by atoms with Crippen LogP contribution in [0.25, 0.3) is 0 Å². The Labute approximate surface area is 139 Å². The van der Waals surface area contributed by atoms with Crippen molar-refractivity contribution >= 4 is 34.2 Å². The smallest absolute Gasteiger partial charge is 0.0590 e. The van der Waals surface area contributed by atoms with Gasteiger partial charge < -0.3 is 5.32 Å². The van der Waals surface area contributed by atoms with E-state index >= 15 is 0 Å². The Morgan fingerprint density at radius 1 is 1.10 bits per heavy atom. The second kappa shape index (κ2) is 6.92. The van der Waals surface area contributed by atoms with E-state index in [4.69, 9.17) is 11.6 Å². The second-order valence-electron chi connectivity index (χ2n) is 5.02. The molecular weight excluding hydrogens is 381 g/mol. The standard InChI is InChI=1S/C17H19ClIN/c1-4-20-17(14-7-5-11(2)9-12(14)3)15-10-13(18)6-8-16(15)19/h5-10,17,20H,4H2,1-3H3. The summed E-state index contributed by atoms with van der Waals surface area (Å²) in [4.78, 5) is 0. The number of aryl methyl sites for hydroxylation is 2. The molecule has 0 aliphatic carbocycles. The van der Waals surface area contributed by atoms with Crippen LogP contribution >= 0.6 is 34.2 Å². The third-order valence-electron chi connectivity index (χ3n) is 3.41. The molecule has 0 spiro atoms. The topological polar surface area (TPSA) is 12.0 Å². The predicted octanol–water partition coefficient (Wildman–Crippen LogP) is 5.26. The van der Waals surface area contributed by atoms with Gasteiger partial charge in [-0.05, 0) is 77.9 Å². The second-order valence-corrected chi connectivity index (χ2v) is 6.62. The van der Waals surface area contributed by atoms with Crippen LogP contribution in [0.2, 0.25) is 5.02 Å². The summed E-state index contributed by atoms with van der Waals surface area (Å²) in [7, 11) is 0. The molecule has 106 valence electrons. The van der Waals surface area contributed by atoms with Crippen molar-refractivity contribution in [3.05, 3.63) is 67.2 Å². The van der Waals surface area contributed by atoms with E-state index in [1.54, 1.807) is 0 Å². The number of hydrogen-bond donors (Lipinski definition) is 1. The summed E-state index contributed by atoms with van der Waals surface area (Å²) in [5, 5.41) is 4.37. The van der Waals surface area contributed by atoms with Crippen molar-refractivity contribution in [2.45, 2.75) is 26.8 Å².